The van der Waals surface area contributed by atoms with Gasteiger partial charge in [-0.3, -0.25) is 0 Å². The Balaban J connectivity index is 2.98. The first kappa shape index (κ1) is 17.0. The molecule has 0 aliphatic rings. The molecule has 5 nitrogen and oxygen atoms in total. The van der Waals surface area contributed by atoms with Crippen molar-refractivity contribution in [2.75, 3.05) is 5.32 Å². The van der Waals surface area contributed by atoms with E-state index in [1.165, 1.54) is 0 Å². The summed E-state index contributed by atoms with van der Waals surface area (Å²) in [6.07, 6.45) is 0. The summed E-state index contributed by atoms with van der Waals surface area (Å²) in [4.78, 5) is 23.4. The van der Waals surface area contributed by atoms with Gasteiger partial charge in [-0.2, -0.15) is 0 Å². The summed E-state index contributed by atoms with van der Waals surface area (Å²) >= 11 is 0. The molecule has 0 fully saturated rings. The van der Waals surface area contributed by atoms with Crippen LogP contribution in [0.3, 0.4) is 0 Å². The molecule has 0 aliphatic heterocycles. The van der Waals surface area contributed by atoms with E-state index in [1.54, 1.807) is 13.0 Å². The lowest BCUT2D eigenvalue weighted by Crippen LogP contribution is -2.43. The summed E-state index contributed by atoms with van der Waals surface area (Å²) in [5.74, 6) is -1.05. The number of benzene rings is 1. The van der Waals surface area contributed by atoms with Gasteiger partial charge < -0.3 is 15.7 Å². The molecule has 0 aliphatic carbocycles. The van der Waals surface area contributed by atoms with Crippen LogP contribution in [0.2, 0.25) is 0 Å². The molecule has 0 saturated heterocycles. The van der Waals surface area contributed by atoms with E-state index in [-0.39, 0.29) is 17.0 Å². The van der Waals surface area contributed by atoms with Crippen LogP contribution in [0.25, 0.3) is 0 Å². The van der Waals surface area contributed by atoms with Crippen LogP contribution in [0, 0.1) is 19.3 Å². The number of aryl methyl sites for hydroxylation is 2. The first-order valence-corrected chi connectivity index (χ1v) is 6.94. The third-order valence-corrected chi connectivity index (χ3v) is 3.60. The fraction of sp³-hybridized carbons (Fsp3) is 0.500. The van der Waals surface area contributed by atoms with Crippen molar-refractivity contribution in [3.05, 3.63) is 28.8 Å². The SMILES string of the molecule is Cc1cc(C)c(NC(=O)NC(C)C(C)(C)C)c(C(=O)O)c1. The number of hydrogen-bond donors (Lipinski definition) is 3. The van der Waals surface area contributed by atoms with Crippen molar-refractivity contribution in [3.63, 3.8) is 0 Å². The molecule has 0 radical (unpaired) electrons. The Bertz CT molecular complexity index is 559. The van der Waals surface area contributed by atoms with Crippen molar-refractivity contribution in [2.45, 2.75) is 47.6 Å². The summed E-state index contributed by atoms with van der Waals surface area (Å²) in [6.45, 7) is 11.6. The summed E-state index contributed by atoms with van der Waals surface area (Å²) in [6, 6.07) is 2.95. The highest BCUT2D eigenvalue weighted by Crippen LogP contribution is 2.23. The van der Waals surface area contributed by atoms with Crippen molar-refractivity contribution in [3.8, 4) is 0 Å². The summed E-state index contributed by atoms with van der Waals surface area (Å²) in [5, 5.41) is 14.8. The molecule has 1 unspecified atom stereocenters. The third-order valence-electron chi connectivity index (χ3n) is 3.60. The van der Waals surface area contributed by atoms with Crippen molar-refractivity contribution in [2.24, 2.45) is 5.41 Å². The van der Waals surface area contributed by atoms with Crippen LogP contribution in [-0.4, -0.2) is 23.1 Å². The number of carboxylic acids is 1. The molecule has 0 saturated carbocycles. The molecule has 1 rings (SSSR count). The lowest BCUT2D eigenvalue weighted by molar-refractivity contribution is 0.0698. The average Bonchev–Trinajstić information content (AvgIpc) is 2.30. The monoisotopic (exact) mass is 292 g/mol. The minimum atomic E-state index is -1.05. The topological polar surface area (TPSA) is 78.4 Å². The second kappa shape index (κ2) is 6.16. The Morgan fingerprint density at radius 2 is 1.76 bits per heavy atom. The lowest BCUT2D eigenvalue weighted by Gasteiger charge is -2.28. The third kappa shape index (κ3) is 4.48. The average molecular weight is 292 g/mol. The molecular weight excluding hydrogens is 268 g/mol. The van der Waals surface area contributed by atoms with Gasteiger partial charge >= 0.3 is 12.0 Å². The number of aromatic carboxylic acids is 1. The Labute approximate surface area is 125 Å². The standard InChI is InChI=1S/C16H24N2O3/c1-9-7-10(2)13(12(8-9)14(19)20)18-15(21)17-11(3)16(4,5)6/h7-8,11H,1-6H3,(H,19,20)(H2,17,18,21). The number of anilines is 1. The van der Waals surface area contributed by atoms with E-state index in [9.17, 15) is 14.7 Å². The minimum Gasteiger partial charge on any atom is -0.478 e. The lowest BCUT2D eigenvalue weighted by atomic mass is 9.88. The fourth-order valence-corrected chi connectivity index (χ4v) is 1.86. The Morgan fingerprint density at radius 3 is 2.24 bits per heavy atom. The number of rotatable bonds is 3. The van der Waals surface area contributed by atoms with Gasteiger partial charge in [-0.15, -0.1) is 0 Å². The van der Waals surface area contributed by atoms with E-state index in [0.717, 1.165) is 11.1 Å². The second-order valence-corrected chi connectivity index (χ2v) is 6.50. The van der Waals surface area contributed by atoms with Crippen LogP contribution >= 0.6 is 0 Å². The van der Waals surface area contributed by atoms with Crippen molar-refractivity contribution >= 4 is 17.7 Å². The smallest absolute Gasteiger partial charge is 0.337 e. The van der Waals surface area contributed by atoms with E-state index in [4.69, 9.17) is 0 Å². The van der Waals surface area contributed by atoms with Crippen LogP contribution in [-0.2, 0) is 0 Å². The Kier molecular flexibility index (Phi) is 4.99. The maximum absolute atomic E-state index is 12.1. The van der Waals surface area contributed by atoms with Gasteiger partial charge in [0.2, 0.25) is 0 Å². The van der Waals surface area contributed by atoms with Gasteiger partial charge in [0, 0.05) is 6.04 Å². The van der Waals surface area contributed by atoms with Gasteiger partial charge in [0.05, 0.1) is 11.3 Å². The fourth-order valence-electron chi connectivity index (χ4n) is 1.86. The zero-order chi connectivity index (χ0) is 16.4. The number of carbonyl (C=O) groups is 2. The molecule has 5 heteroatoms. The van der Waals surface area contributed by atoms with Crippen LogP contribution in [0.1, 0.15) is 49.2 Å². The van der Waals surface area contributed by atoms with E-state index in [1.807, 2.05) is 40.7 Å². The molecule has 1 atom stereocenters. The first-order valence-electron chi connectivity index (χ1n) is 6.94. The number of amides is 2. The molecule has 1 aromatic carbocycles. The number of hydrogen-bond acceptors (Lipinski definition) is 2. The highest BCUT2D eigenvalue weighted by molar-refractivity contribution is 6.01. The zero-order valence-electron chi connectivity index (χ0n) is 13.5. The van der Waals surface area contributed by atoms with Crippen LogP contribution < -0.4 is 10.6 Å². The van der Waals surface area contributed by atoms with E-state index >= 15 is 0 Å². The second-order valence-electron chi connectivity index (χ2n) is 6.50. The molecule has 116 valence electrons. The number of nitrogens with one attached hydrogen (secondary N) is 2. The minimum absolute atomic E-state index is 0.0449. The van der Waals surface area contributed by atoms with Gasteiger partial charge in [0.15, 0.2) is 0 Å². The molecule has 2 amide bonds. The first-order chi connectivity index (χ1) is 9.52. The highest BCUT2D eigenvalue weighted by Gasteiger charge is 2.23. The molecular formula is C16H24N2O3. The van der Waals surface area contributed by atoms with Crippen LogP contribution in [0.5, 0.6) is 0 Å². The quantitative estimate of drug-likeness (QED) is 0.797. The van der Waals surface area contributed by atoms with Gasteiger partial charge in [0.25, 0.3) is 0 Å². The van der Waals surface area contributed by atoms with Crippen molar-refractivity contribution in [1.29, 1.82) is 0 Å². The summed E-state index contributed by atoms with van der Waals surface area (Å²) in [7, 11) is 0. The molecule has 0 spiro atoms. The maximum Gasteiger partial charge on any atom is 0.337 e. The van der Waals surface area contributed by atoms with Crippen LogP contribution in [0.15, 0.2) is 12.1 Å². The van der Waals surface area contributed by atoms with E-state index in [0.29, 0.717) is 5.69 Å². The molecule has 21 heavy (non-hydrogen) atoms. The zero-order valence-corrected chi connectivity index (χ0v) is 13.5. The van der Waals surface area contributed by atoms with E-state index < -0.39 is 12.0 Å². The predicted molar refractivity (Wildman–Crippen MR) is 83.9 cm³/mol. The number of carboxylic acid groups (broad SMARTS) is 1. The molecule has 0 heterocycles. The van der Waals surface area contributed by atoms with E-state index in [2.05, 4.69) is 10.6 Å². The predicted octanol–water partition coefficient (Wildman–Crippen LogP) is 3.56. The van der Waals surface area contributed by atoms with Crippen LogP contribution in [0.4, 0.5) is 10.5 Å². The van der Waals surface area contributed by atoms with Crippen molar-refractivity contribution in [1.82, 2.24) is 5.32 Å². The summed E-state index contributed by atoms with van der Waals surface area (Å²) in [5.41, 5.74) is 1.94. The van der Waals surface area contributed by atoms with Crippen molar-refractivity contribution < 1.29 is 14.7 Å². The number of urea groups is 1. The van der Waals surface area contributed by atoms with Gasteiger partial charge in [-0.05, 0) is 43.4 Å². The molecule has 0 aromatic heterocycles. The van der Waals surface area contributed by atoms with Gasteiger partial charge in [0.1, 0.15) is 0 Å². The summed E-state index contributed by atoms with van der Waals surface area (Å²) < 4.78 is 0. The Morgan fingerprint density at radius 1 is 1.19 bits per heavy atom. The largest absolute Gasteiger partial charge is 0.478 e. The maximum atomic E-state index is 12.1. The Hall–Kier alpha value is -2.04. The van der Waals surface area contributed by atoms with Gasteiger partial charge in [-0.1, -0.05) is 26.8 Å². The molecule has 3 N–H and O–H groups in total. The molecule has 1 aromatic rings. The molecule has 0 bridgehead atoms. The van der Waals surface area contributed by atoms with Gasteiger partial charge in [-0.25, -0.2) is 9.59 Å². The number of carbonyl (C=O) groups excluding carboxylic acids is 1. The highest BCUT2D eigenvalue weighted by atomic mass is 16.4. The normalized spacial score (nSPS) is 12.7.